The Bertz CT molecular complexity index is 284. The summed E-state index contributed by atoms with van der Waals surface area (Å²) in [4.78, 5) is 14.5. The van der Waals surface area contributed by atoms with Gasteiger partial charge < -0.3 is 5.73 Å². The van der Waals surface area contributed by atoms with E-state index in [9.17, 15) is 4.79 Å². The molecule has 0 amide bonds. The van der Waals surface area contributed by atoms with Crippen molar-refractivity contribution in [1.82, 2.24) is 4.90 Å². The summed E-state index contributed by atoms with van der Waals surface area (Å²) in [7, 11) is 0. The Morgan fingerprint density at radius 1 is 1.06 bits per heavy atom. The van der Waals surface area contributed by atoms with E-state index < -0.39 is 0 Å². The number of carbonyl (C=O) groups excluding carboxylic acids is 1. The second-order valence-corrected chi connectivity index (χ2v) is 6.60. The van der Waals surface area contributed by atoms with Crippen molar-refractivity contribution in [2.45, 2.75) is 58.5 Å². The fraction of sp³-hybridized carbons (Fsp3) is 0.933. The van der Waals surface area contributed by atoms with Crippen molar-refractivity contribution < 1.29 is 4.79 Å². The van der Waals surface area contributed by atoms with Gasteiger partial charge in [0.1, 0.15) is 5.78 Å². The highest BCUT2D eigenvalue weighted by molar-refractivity contribution is 5.83. The Morgan fingerprint density at radius 3 is 2.33 bits per heavy atom. The summed E-state index contributed by atoms with van der Waals surface area (Å²) in [6.45, 7) is 6.13. The Balaban J connectivity index is 1.82. The number of hydrogen-bond acceptors (Lipinski definition) is 3. The SMILES string of the molecule is CC1CCC(C(=O)CN2CC(C)CCC2N)CC1. The maximum Gasteiger partial charge on any atom is 0.149 e. The Morgan fingerprint density at radius 2 is 1.67 bits per heavy atom. The van der Waals surface area contributed by atoms with Gasteiger partial charge in [0.15, 0.2) is 0 Å². The van der Waals surface area contributed by atoms with Gasteiger partial charge in [0.05, 0.1) is 12.7 Å². The van der Waals surface area contributed by atoms with Gasteiger partial charge in [-0.3, -0.25) is 9.69 Å². The highest BCUT2D eigenvalue weighted by Gasteiger charge is 2.29. The fourth-order valence-electron chi connectivity index (χ4n) is 3.36. The number of rotatable bonds is 3. The smallest absolute Gasteiger partial charge is 0.149 e. The summed E-state index contributed by atoms with van der Waals surface area (Å²) in [6.07, 6.45) is 6.98. The molecule has 2 aliphatic rings. The zero-order chi connectivity index (χ0) is 13.1. The first-order valence-corrected chi connectivity index (χ1v) is 7.58. The average molecular weight is 252 g/mol. The van der Waals surface area contributed by atoms with Gasteiger partial charge in [0.2, 0.25) is 0 Å². The number of piperidine rings is 1. The standard InChI is InChI=1S/C15H28N2O/c1-11-3-6-13(7-4-11)14(18)10-17-9-12(2)5-8-15(17)16/h11-13,15H,3-10,16H2,1-2H3. The van der Waals surface area contributed by atoms with Crippen LogP contribution in [0.1, 0.15) is 52.4 Å². The monoisotopic (exact) mass is 252 g/mol. The minimum Gasteiger partial charge on any atom is -0.316 e. The van der Waals surface area contributed by atoms with Crippen LogP contribution in [0.5, 0.6) is 0 Å². The van der Waals surface area contributed by atoms with Gasteiger partial charge in [-0.15, -0.1) is 0 Å². The van der Waals surface area contributed by atoms with Gasteiger partial charge in [-0.2, -0.15) is 0 Å². The van der Waals surface area contributed by atoms with Crippen LogP contribution in [0.2, 0.25) is 0 Å². The molecule has 1 aliphatic heterocycles. The molecular formula is C15H28N2O. The molecule has 3 nitrogen and oxygen atoms in total. The summed E-state index contributed by atoms with van der Waals surface area (Å²) in [6, 6.07) is 0. The molecule has 0 spiro atoms. The van der Waals surface area contributed by atoms with Crippen LogP contribution < -0.4 is 5.73 Å². The van der Waals surface area contributed by atoms with Crippen LogP contribution in [0.4, 0.5) is 0 Å². The molecule has 0 bridgehead atoms. The van der Waals surface area contributed by atoms with Crippen molar-refractivity contribution in [3.05, 3.63) is 0 Å². The molecule has 3 heteroatoms. The van der Waals surface area contributed by atoms with Gasteiger partial charge in [-0.1, -0.05) is 26.7 Å². The van der Waals surface area contributed by atoms with Gasteiger partial charge >= 0.3 is 0 Å². The van der Waals surface area contributed by atoms with Crippen molar-refractivity contribution in [2.75, 3.05) is 13.1 Å². The molecule has 18 heavy (non-hydrogen) atoms. The van der Waals surface area contributed by atoms with Crippen molar-refractivity contribution in [3.63, 3.8) is 0 Å². The zero-order valence-corrected chi connectivity index (χ0v) is 11.9. The molecule has 2 N–H and O–H groups in total. The van der Waals surface area contributed by atoms with Gasteiger partial charge in [-0.25, -0.2) is 0 Å². The summed E-state index contributed by atoms with van der Waals surface area (Å²) in [5, 5.41) is 0. The number of ketones is 1. The van der Waals surface area contributed by atoms with E-state index in [0.717, 1.165) is 31.7 Å². The Labute approximate surface area is 111 Å². The van der Waals surface area contributed by atoms with E-state index in [-0.39, 0.29) is 6.17 Å². The summed E-state index contributed by atoms with van der Waals surface area (Å²) < 4.78 is 0. The first kappa shape index (κ1) is 14.0. The van der Waals surface area contributed by atoms with E-state index in [1.54, 1.807) is 0 Å². The average Bonchev–Trinajstić information content (AvgIpc) is 2.34. The number of nitrogens with two attached hydrogens (primary N) is 1. The second-order valence-electron chi connectivity index (χ2n) is 6.60. The van der Waals surface area contributed by atoms with Crippen LogP contribution >= 0.6 is 0 Å². The van der Waals surface area contributed by atoms with Crippen molar-refractivity contribution in [3.8, 4) is 0 Å². The zero-order valence-electron chi connectivity index (χ0n) is 11.9. The van der Waals surface area contributed by atoms with Gasteiger partial charge in [0, 0.05) is 12.5 Å². The third-order valence-electron chi connectivity index (χ3n) is 4.80. The Hall–Kier alpha value is -0.410. The quantitative estimate of drug-likeness (QED) is 0.839. The van der Waals surface area contributed by atoms with Crippen molar-refractivity contribution >= 4 is 5.78 Å². The van der Waals surface area contributed by atoms with Crippen LogP contribution in [0.3, 0.4) is 0 Å². The molecule has 1 saturated heterocycles. The highest BCUT2D eigenvalue weighted by Crippen LogP contribution is 2.29. The van der Waals surface area contributed by atoms with Crippen LogP contribution in [0, 0.1) is 17.8 Å². The van der Waals surface area contributed by atoms with Crippen molar-refractivity contribution in [1.29, 1.82) is 0 Å². The first-order chi connectivity index (χ1) is 8.56. The predicted octanol–water partition coefficient (Wildman–Crippen LogP) is 2.40. The maximum absolute atomic E-state index is 12.3. The lowest BCUT2D eigenvalue weighted by Gasteiger charge is -2.37. The van der Waals surface area contributed by atoms with Crippen LogP contribution in [0.25, 0.3) is 0 Å². The summed E-state index contributed by atoms with van der Waals surface area (Å²) >= 11 is 0. The van der Waals surface area contributed by atoms with Crippen LogP contribution in [0.15, 0.2) is 0 Å². The molecule has 0 aromatic heterocycles. The van der Waals surface area contributed by atoms with Gasteiger partial charge in [0.25, 0.3) is 0 Å². The second kappa shape index (κ2) is 6.16. The van der Waals surface area contributed by atoms with E-state index in [2.05, 4.69) is 18.7 Å². The van der Waals surface area contributed by atoms with Gasteiger partial charge in [-0.05, 0) is 37.5 Å². The van der Waals surface area contributed by atoms with E-state index in [4.69, 9.17) is 5.73 Å². The molecule has 2 atom stereocenters. The highest BCUT2D eigenvalue weighted by atomic mass is 16.1. The summed E-state index contributed by atoms with van der Waals surface area (Å²) in [5.41, 5.74) is 6.11. The minimum atomic E-state index is 0.104. The lowest BCUT2D eigenvalue weighted by atomic mass is 9.80. The van der Waals surface area contributed by atoms with Crippen LogP contribution in [-0.4, -0.2) is 29.9 Å². The van der Waals surface area contributed by atoms with Crippen LogP contribution in [-0.2, 0) is 4.79 Å². The fourth-order valence-corrected chi connectivity index (χ4v) is 3.36. The number of Topliss-reactive ketones (excluding diaryl/α,β-unsaturated/α-hetero) is 1. The summed E-state index contributed by atoms with van der Waals surface area (Å²) in [5.74, 6) is 2.24. The maximum atomic E-state index is 12.3. The third kappa shape index (κ3) is 3.55. The lowest BCUT2D eigenvalue weighted by Crippen LogP contribution is -2.50. The topological polar surface area (TPSA) is 46.3 Å². The Kier molecular flexibility index (Phi) is 4.79. The molecule has 104 valence electrons. The molecule has 1 saturated carbocycles. The molecule has 0 radical (unpaired) electrons. The number of likely N-dealkylation sites (tertiary alicyclic amines) is 1. The molecule has 1 aliphatic carbocycles. The largest absolute Gasteiger partial charge is 0.316 e. The molecule has 2 rings (SSSR count). The molecule has 0 aromatic rings. The lowest BCUT2D eigenvalue weighted by molar-refractivity contribution is -0.126. The molecule has 2 fully saturated rings. The molecule has 2 unspecified atom stereocenters. The van der Waals surface area contributed by atoms with Crippen molar-refractivity contribution in [2.24, 2.45) is 23.5 Å². The number of carbonyl (C=O) groups is 1. The third-order valence-corrected chi connectivity index (χ3v) is 4.80. The normalized spacial score (nSPS) is 38.6. The van der Waals surface area contributed by atoms with E-state index in [0.29, 0.717) is 24.2 Å². The number of nitrogens with zero attached hydrogens (tertiary/aromatic N) is 1. The number of hydrogen-bond donors (Lipinski definition) is 1. The predicted molar refractivity (Wildman–Crippen MR) is 74.1 cm³/mol. The minimum absolute atomic E-state index is 0.104. The molecule has 0 aromatic carbocycles. The van der Waals surface area contributed by atoms with E-state index >= 15 is 0 Å². The molecular weight excluding hydrogens is 224 g/mol. The first-order valence-electron chi connectivity index (χ1n) is 7.58. The van der Waals surface area contributed by atoms with E-state index in [1.807, 2.05) is 0 Å². The van der Waals surface area contributed by atoms with E-state index in [1.165, 1.54) is 19.3 Å². The molecule has 1 heterocycles.